The lowest BCUT2D eigenvalue weighted by molar-refractivity contribution is 0.100. The first-order valence-corrected chi connectivity index (χ1v) is 8.27. The average molecular weight is 339 g/mol. The molecule has 6 heteroatoms. The Labute approximate surface area is 146 Å². The third-order valence-electron chi connectivity index (χ3n) is 4.57. The first-order chi connectivity index (χ1) is 12.5. The van der Waals surface area contributed by atoms with Crippen molar-refractivity contribution < 1.29 is 10.6 Å². The van der Waals surface area contributed by atoms with Crippen LogP contribution in [0.25, 0.3) is 16.6 Å². The second-order valence-electron chi connectivity index (χ2n) is 6.23. The summed E-state index contributed by atoms with van der Waals surface area (Å²) >= 11 is 0. The molecule has 1 aliphatic rings. The minimum atomic E-state index is -0.950. The van der Waals surface area contributed by atoms with Crippen LogP contribution in [0, 0.1) is 5.82 Å². The second-order valence-corrected chi connectivity index (χ2v) is 6.23. The highest BCUT2D eigenvalue weighted by Crippen LogP contribution is 2.27. The zero-order valence-corrected chi connectivity index (χ0v) is 13.6. The normalized spacial score (nSPS) is 21.2. The molecule has 1 unspecified atom stereocenters. The number of carbonyl (C=O) groups is 1. The summed E-state index contributed by atoms with van der Waals surface area (Å²) in [6.07, 6.45) is 3.21. The van der Waals surface area contributed by atoms with Gasteiger partial charge in [0.15, 0.2) is 0 Å². The van der Waals surface area contributed by atoms with Gasteiger partial charge < -0.3 is 11.1 Å². The lowest BCUT2D eigenvalue weighted by Crippen LogP contribution is -2.28. The topological polar surface area (TPSA) is 72.9 Å². The Bertz CT molecular complexity index is 994. The molecule has 128 valence electrons. The first-order valence-electron chi connectivity index (χ1n) is 8.77. The van der Waals surface area contributed by atoms with Crippen molar-refractivity contribution in [2.75, 3.05) is 13.1 Å². The number of hydrogen-bond acceptors (Lipinski definition) is 3. The predicted octanol–water partition coefficient (Wildman–Crippen LogP) is 2.73. The van der Waals surface area contributed by atoms with Crippen molar-refractivity contribution in [1.29, 1.82) is 0 Å². The molecule has 3 aromatic rings. The molecule has 0 radical (unpaired) electrons. The van der Waals surface area contributed by atoms with E-state index >= 15 is 0 Å². The molecule has 0 aliphatic carbocycles. The van der Waals surface area contributed by atoms with Gasteiger partial charge in [0.2, 0.25) is 0 Å². The number of hydrogen-bond donors (Lipinski definition) is 2. The van der Waals surface area contributed by atoms with E-state index in [0.717, 1.165) is 18.4 Å². The summed E-state index contributed by atoms with van der Waals surface area (Å²) in [7, 11) is 0. The van der Waals surface area contributed by atoms with E-state index in [2.05, 4.69) is 10.4 Å². The fraction of sp³-hybridized carbons (Fsp3) is 0.263. The fourth-order valence-corrected chi connectivity index (χ4v) is 3.29. The summed E-state index contributed by atoms with van der Waals surface area (Å²) in [5.41, 5.74) is 7.13. The summed E-state index contributed by atoms with van der Waals surface area (Å²) in [5.74, 6) is -1.92. The van der Waals surface area contributed by atoms with Crippen molar-refractivity contribution in [2.45, 2.75) is 18.7 Å². The first kappa shape index (κ1) is 14.6. The van der Waals surface area contributed by atoms with Crippen LogP contribution < -0.4 is 11.1 Å². The predicted molar refractivity (Wildman–Crippen MR) is 94.4 cm³/mol. The van der Waals surface area contributed by atoms with Gasteiger partial charge in [-0.3, -0.25) is 4.79 Å². The van der Waals surface area contributed by atoms with Crippen LogP contribution in [-0.4, -0.2) is 28.8 Å². The van der Waals surface area contributed by atoms with E-state index < -0.39 is 17.6 Å². The number of nitrogens with one attached hydrogen (secondary N) is 1. The van der Waals surface area contributed by atoms with Gasteiger partial charge in [0.1, 0.15) is 11.3 Å². The number of aromatic nitrogens is 2. The summed E-state index contributed by atoms with van der Waals surface area (Å²) in [5, 5.41) is 8.31. The number of benzene rings is 2. The van der Waals surface area contributed by atoms with Crippen LogP contribution in [0.5, 0.6) is 0 Å². The maximum Gasteiger partial charge on any atom is 0.250 e. The van der Waals surface area contributed by atoms with Crippen LogP contribution in [-0.2, 0) is 0 Å². The van der Waals surface area contributed by atoms with Gasteiger partial charge in [-0.25, -0.2) is 9.07 Å². The van der Waals surface area contributed by atoms with Gasteiger partial charge in [0.25, 0.3) is 5.91 Å². The molecule has 5 nitrogen and oxygen atoms in total. The molecule has 4 rings (SSSR count). The third kappa shape index (κ3) is 2.89. The van der Waals surface area contributed by atoms with Crippen molar-refractivity contribution in [3.8, 4) is 5.69 Å². The Morgan fingerprint density at radius 3 is 3.00 bits per heavy atom. The molecule has 1 aliphatic heterocycles. The number of rotatable bonds is 3. The number of primary amides is 1. The summed E-state index contributed by atoms with van der Waals surface area (Å²) in [6, 6.07) is 9.97. The van der Waals surface area contributed by atoms with Crippen LogP contribution in [0.4, 0.5) is 4.39 Å². The van der Waals surface area contributed by atoms with Crippen LogP contribution >= 0.6 is 0 Å². The molecule has 0 saturated carbocycles. The van der Waals surface area contributed by atoms with Crippen molar-refractivity contribution in [1.82, 2.24) is 15.1 Å². The zero-order chi connectivity index (χ0) is 18.3. The van der Waals surface area contributed by atoms with E-state index in [1.165, 1.54) is 10.7 Å². The number of nitrogens with zero attached hydrogens (tertiary/aromatic N) is 2. The molecule has 1 atom stereocenters. The molecule has 0 spiro atoms. The van der Waals surface area contributed by atoms with Crippen LogP contribution in [0.2, 0.25) is 0 Å². The number of halogens is 1. The minimum absolute atomic E-state index is 0.330. The SMILES string of the molecule is [2H]C1(c2ccc(-n3cc4cccc(C(N)=O)c4n3)cc2F)CCCNC1. The van der Waals surface area contributed by atoms with E-state index in [1.54, 1.807) is 30.5 Å². The van der Waals surface area contributed by atoms with Gasteiger partial charge in [-0.2, -0.15) is 5.10 Å². The van der Waals surface area contributed by atoms with Gasteiger partial charge in [0, 0.05) is 19.5 Å². The quantitative estimate of drug-likeness (QED) is 0.771. The molecule has 1 amide bonds. The Morgan fingerprint density at radius 2 is 2.28 bits per heavy atom. The van der Waals surface area contributed by atoms with Gasteiger partial charge in [-0.15, -0.1) is 0 Å². The zero-order valence-electron chi connectivity index (χ0n) is 14.6. The summed E-state index contributed by atoms with van der Waals surface area (Å²) < 4.78 is 24.9. The van der Waals surface area contributed by atoms with Gasteiger partial charge >= 0.3 is 0 Å². The van der Waals surface area contributed by atoms with Gasteiger partial charge in [0.05, 0.1) is 11.3 Å². The van der Waals surface area contributed by atoms with Crippen molar-refractivity contribution in [3.05, 3.63) is 59.5 Å². The molecule has 1 aromatic heterocycles. The number of fused-ring (bicyclic) bond motifs is 1. The monoisotopic (exact) mass is 339 g/mol. The Hall–Kier alpha value is -2.73. The number of carbonyl (C=O) groups excluding carboxylic acids is 1. The van der Waals surface area contributed by atoms with Crippen molar-refractivity contribution >= 4 is 16.8 Å². The molecular formula is C19H19FN4O. The lowest BCUT2D eigenvalue weighted by Gasteiger charge is -2.23. The number of amides is 1. The smallest absolute Gasteiger partial charge is 0.250 e. The standard InChI is InChI=1S/C19H19FN4O/c20-17-9-14(6-7-15(17)12-4-2-8-22-10-12)24-11-13-3-1-5-16(19(21)25)18(13)23-24/h1,3,5-7,9,11-12,22H,2,4,8,10H2,(H2,21,25)/i12D. The molecule has 1 fully saturated rings. The largest absolute Gasteiger partial charge is 0.366 e. The van der Waals surface area contributed by atoms with Crippen molar-refractivity contribution in [2.24, 2.45) is 5.73 Å². The molecule has 2 heterocycles. The van der Waals surface area contributed by atoms with Gasteiger partial charge in [-0.1, -0.05) is 18.2 Å². The highest BCUT2D eigenvalue weighted by atomic mass is 19.1. The minimum Gasteiger partial charge on any atom is -0.366 e. The molecule has 25 heavy (non-hydrogen) atoms. The molecule has 0 bridgehead atoms. The average Bonchev–Trinajstić information content (AvgIpc) is 3.06. The Balaban J connectivity index is 1.75. The number of piperidine rings is 1. The highest BCUT2D eigenvalue weighted by molar-refractivity contribution is 6.04. The van der Waals surface area contributed by atoms with Crippen LogP contribution in [0.3, 0.4) is 0 Å². The molecular weight excluding hydrogens is 319 g/mol. The van der Waals surface area contributed by atoms with Crippen LogP contribution in [0.1, 0.15) is 36.0 Å². The Kier molecular flexibility index (Phi) is 3.67. The summed E-state index contributed by atoms with van der Waals surface area (Å²) in [4.78, 5) is 11.6. The van der Waals surface area contributed by atoms with Crippen molar-refractivity contribution in [3.63, 3.8) is 0 Å². The Morgan fingerprint density at radius 1 is 1.40 bits per heavy atom. The molecule has 3 N–H and O–H groups in total. The van der Waals surface area contributed by atoms with E-state index in [-0.39, 0.29) is 0 Å². The van der Waals surface area contributed by atoms with Gasteiger partial charge in [-0.05, 0) is 49.0 Å². The maximum atomic E-state index is 14.8. The number of nitrogens with two attached hydrogens (primary N) is 1. The van der Waals surface area contributed by atoms with Crippen LogP contribution in [0.15, 0.2) is 42.6 Å². The van der Waals surface area contributed by atoms with E-state index in [1.807, 2.05) is 6.07 Å². The van der Waals surface area contributed by atoms with E-state index in [9.17, 15) is 9.18 Å². The third-order valence-corrected chi connectivity index (χ3v) is 4.57. The fourth-order valence-electron chi connectivity index (χ4n) is 3.29. The second kappa shape index (κ2) is 6.29. The highest BCUT2D eigenvalue weighted by Gasteiger charge is 2.19. The maximum absolute atomic E-state index is 14.8. The molecule has 2 aromatic carbocycles. The van der Waals surface area contributed by atoms with E-state index in [0.29, 0.717) is 35.3 Å². The molecule has 1 saturated heterocycles. The van der Waals surface area contributed by atoms with E-state index in [4.69, 9.17) is 7.10 Å². The summed E-state index contributed by atoms with van der Waals surface area (Å²) in [6.45, 7) is 1.30. The lowest BCUT2D eigenvalue weighted by atomic mass is 9.91.